The molecule has 1 fully saturated rings. The highest BCUT2D eigenvalue weighted by Crippen LogP contribution is 2.25. The summed E-state index contributed by atoms with van der Waals surface area (Å²) in [4.78, 5) is 11.7. The monoisotopic (exact) mass is 322 g/mol. The van der Waals surface area contributed by atoms with Gasteiger partial charge < -0.3 is 14.8 Å². The molecule has 0 unspecified atom stereocenters. The van der Waals surface area contributed by atoms with E-state index in [2.05, 4.69) is 5.32 Å². The highest BCUT2D eigenvalue weighted by atomic mass is 35.5. The molecule has 0 spiro atoms. The van der Waals surface area contributed by atoms with Crippen LogP contribution in [0.3, 0.4) is 0 Å². The lowest BCUT2D eigenvalue weighted by Crippen LogP contribution is -2.89. The Hall–Kier alpha value is -1.36. The molecule has 1 heterocycles. The zero-order chi connectivity index (χ0) is 15.7. The van der Waals surface area contributed by atoms with E-state index in [1.165, 1.54) is 0 Å². The molecular weight excluding hydrogens is 302 g/mol. The van der Waals surface area contributed by atoms with Gasteiger partial charge in [-0.2, -0.15) is 0 Å². The van der Waals surface area contributed by atoms with Crippen molar-refractivity contribution in [1.82, 2.24) is 0 Å². The molecule has 0 bridgehead atoms. The first-order chi connectivity index (χ1) is 10.5. The first-order valence-electron chi connectivity index (χ1n) is 7.77. The maximum atomic E-state index is 11.7. The highest BCUT2D eigenvalue weighted by molar-refractivity contribution is 6.32. The van der Waals surface area contributed by atoms with Gasteiger partial charge in [0.15, 0.2) is 0 Å². The predicted octanol–water partition coefficient (Wildman–Crippen LogP) is 2.12. The number of benzene rings is 1. The van der Waals surface area contributed by atoms with E-state index in [0.717, 1.165) is 48.7 Å². The Morgan fingerprint density at radius 3 is 2.73 bits per heavy atom. The molecule has 0 saturated heterocycles. The number of hydrogen-bond acceptors (Lipinski definition) is 3. The quantitative estimate of drug-likeness (QED) is 0.851. The van der Waals surface area contributed by atoms with Crippen molar-refractivity contribution in [2.75, 3.05) is 0 Å². The molecule has 22 heavy (non-hydrogen) atoms. The van der Waals surface area contributed by atoms with Crippen LogP contribution in [0, 0.1) is 6.92 Å². The van der Waals surface area contributed by atoms with Crippen molar-refractivity contribution in [3.63, 3.8) is 0 Å². The Bertz CT molecular complexity index is 732. The molecular formula is C17H21ClNO3+. The van der Waals surface area contributed by atoms with Crippen LogP contribution in [0.2, 0.25) is 5.02 Å². The lowest BCUT2D eigenvalue weighted by Gasteiger charge is -2.23. The van der Waals surface area contributed by atoms with Crippen molar-refractivity contribution in [3.8, 4) is 0 Å². The lowest BCUT2D eigenvalue weighted by atomic mass is 9.93. The molecule has 0 amide bonds. The number of fused-ring (bicyclic) bond motifs is 1. The second-order valence-electron chi connectivity index (χ2n) is 6.20. The van der Waals surface area contributed by atoms with E-state index >= 15 is 0 Å². The third kappa shape index (κ3) is 3.35. The Morgan fingerprint density at radius 1 is 1.27 bits per heavy atom. The molecule has 0 radical (unpaired) electrons. The van der Waals surface area contributed by atoms with E-state index in [4.69, 9.17) is 16.0 Å². The van der Waals surface area contributed by atoms with E-state index in [-0.39, 0.29) is 11.7 Å². The first kappa shape index (κ1) is 15.5. The van der Waals surface area contributed by atoms with E-state index in [1.54, 1.807) is 6.07 Å². The maximum Gasteiger partial charge on any atom is 0.336 e. The number of nitrogens with two attached hydrogens (primary N) is 1. The maximum absolute atomic E-state index is 11.7. The van der Waals surface area contributed by atoms with Crippen LogP contribution in [0.4, 0.5) is 0 Å². The average Bonchev–Trinajstić information content (AvgIpc) is 2.48. The van der Waals surface area contributed by atoms with Crippen LogP contribution in [0.5, 0.6) is 0 Å². The number of rotatable bonds is 3. The van der Waals surface area contributed by atoms with Gasteiger partial charge >= 0.3 is 5.63 Å². The van der Waals surface area contributed by atoms with Gasteiger partial charge in [-0.25, -0.2) is 4.79 Å². The second-order valence-corrected chi connectivity index (χ2v) is 6.60. The van der Waals surface area contributed by atoms with Crippen molar-refractivity contribution in [2.24, 2.45) is 0 Å². The number of quaternary nitrogens is 1. The summed E-state index contributed by atoms with van der Waals surface area (Å²) in [6.07, 6.45) is 3.62. The summed E-state index contributed by atoms with van der Waals surface area (Å²) >= 11 is 6.21. The van der Waals surface area contributed by atoms with Crippen molar-refractivity contribution in [2.45, 2.75) is 51.3 Å². The van der Waals surface area contributed by atoms with E-state index in [1.807, 2.05) is 19.1 Å². The molecule has 5 heteroatoms. The molecule has 2 aromatic rings. The van der Waals surface area contributed by atoms with Crippen LogP contribution in [0.1, 0.15) is 36.8 Å². The summed E-state index contributed by atoms with van der Waals surface area (Å²) < 4.78 is 5.28. The Morgan fingerprint density at radius 2 is 2.00 bits per heavy atom. The summed E-state index contributed by atoms with van der Waals surface area (Å²) in [5.74, 6) is 0. The number of aliphatic hydroxyl groups excluding tert-OH is 1. The Labute approximate surface area is 134 Å². The summed E-state index contributed by atoms with van der Waals surface area (Å²) in [5.41, 5.74) is 2.13. The van der Waals surface area contributed by atoms with Crippen LogP contribution in [0.25, 0.3) is 11.0 Å². The SMILES string of the molecule is Cc1cc2oc(=O)cc(C[NH2+]C3CCC(O)CC3)c2cc1Cl. The first-order valence-corrected chi connectivity index (χ1v) is 8.15. The van der Waals surface area contributed by atoms with Crippen LogP contribution in [0.15, 0.2) is 27.4 Å². The van der Waals surface area contributed by atoms with Crippen molar-refractivity contribution in [3.05, 3.63) is 44.8 Å². The molecule has 0 aliphatic heterocycles. The smallest absolute Gasteiger partial charge is 0.336 e. The van der Waals surface area contributed by atoms with Crippen molar-refractivity contribution in [1.29, 1.82) is 0 Å². The molecule has 0 atom stereocenters. The zero-order valence-electron chi connectivity index (χ0n) is 12.6. The lowest BCUT2D eigenvalue weighted by molar-refractivity contribution is -0.707. The third-order valence-electron chi connectivity index (χ3n) is 4.52. The van der Waals surface area contributed by atoms with Crippen LogP contribution in [-0.4, -0.2) is 17.3 Å². The Kier molecular flexibility index (Phi) is 4.52. The molecule has 1 aromatic carbocycles. The van der Waals surface area contributed by atoms with Crippen LogP contribution >= 0.6 is 11.6 Å². The van der Waals surface area contributed by atoms with Gasteiger partial charge in [-0.15, -0.1) is 0 Å². The number of halogens is 1. The van der Waals surface area contributed by atoms with Gasteiger partial charge in [-0.3, -0.25) is 0 Å². The minimum Gasteiger partial charge on any atom is -0.423 e. The van der Waals surface area contributed by atoms with Gasteiger partial charge in [0, 0.05) is 34.9 Å². The predicted molar refractivity (Wildman–Crippen MR) is 86.1 cm³/mol. The normalized spacial score (nSPS) is 22.1. The van der Waals surface area contributed by atoms with Gasteiger partial charge in [0.25, 0.3) is 0 Å². The molecule has 1 aliphatic carbocycles. The second kappa shape index (κ2) is 6.41. The number of aryl methyl sites for hydroxylation is 1. The fourth-order valence-corrected chi connectivity index (χ4v) is 3.31. The molecule has 3 N–H and O–H groups in total. The summed E-state index contributed by atoms with van der Waals surface area (Å²) in [6, 6.07) is 5.76. The van der Waals surface area contributed by atoms with E-state index < -0.39 is 0 Å². The van der Waals surface area contributed by atoms with Gasteiger partial charge in [-0.1, -0.05) is 11.6 Å². The molecule has 3 rings (SSSR count). The van der Waals surface area contributed by atoms with E-state index in [9.17, 15) is 9.90 Å². The molecule has 4 nitrogen and oxygen atoms in total. The highest BCUT2D eigenvalue weighted by Gasteiger charge is 2.22. The van der Waals surface area contributed by atoms with Gasteiger partial charge in [-0.05, 0) is 37.5 Å². The summed E-state index contributed by atoms with van der Waals surface area (Å²) in [6.45, 7) is 2.62. The van der Waals surface area contributed by atoms with Crippen LogP contribution < -0.4 is 10.9 Å². The average molecular weight is 323 g/mol. The molecule has 1 aliphatic rings. The van der Waals surface area contributed by atoms with Gasteiger partial charge in [0.05, 0.1) is 12.1 Å². The molecule has 118 valence electrons. The molecule has 1 aromatic heterocycles. The van der Waals surface area contributed by atoms with Crippen molar-refractivity contribution < 1.29 is 14.8 Å². The summed E-state index contributed by atoms with van der Waals surface area (Å²) in [5, 5.41) is 13.4. The standard InChI is InChI=1S/C17H20ClNO3/c1-10-6-16-14(8-15(10)18)11(7-17(21)22-16)9-19-12-2-4-13(20)5-3-12/h6-8,12-13,19-20H,2-5,9H2,1H3/p+1. The fourth-order valence-electron chi connectivity index (χ4n) is 3.15. The topological polar surface area (TPSA) is 67.0 Å². The van der Waals surface area contributed by atoms with Gasteiger partial charge in [0.1, 0.15) is 12.1 Å². The number of hydrogen-bond donors (Lipinski definition) is 2. The van der Waals surface area contributed by atoms with E-state index in [0.29, 0.717) is 16.6 Å². The molecule has 1 saturated carbocycles. The zero-order valence-corrected chi connectivity index (χ0v) is 13.4. The fraction of sp³-hybridized carbons (Fsp3) is 0.471. The summed E-state index contributed by atoms with van der Waals surface area (Å²) in [7, 11) is 0. The Balaban J connectivity index is 1.83. The van der Waals surface area contributed by atoms with Crippen molar-refractivity contribution >= 4 is 22.6 Å². The minimum atomic E-state index is -0.323. The minimum absolute atomic E-state index is 0.143. The van der Waals surface area contributed by atoms with Crippen LogP contribution in [-0.2, 0) is 6.54 Å². The third-order valence-corrected chi connectivity index (χ3v) is 4.93. The van der Waals surface area contributed by atoms with Gasteiger partial charge in [0.2, 0.25) is 0 Å². The number of aliphatic hydroxyl groups is 1. The largest absolute Gasteiger partial charge is 0.423 e.